The Bertz CT molecular complexity index is 999. The molecule has 1 aliphatic heterocycles. The van der Waals surface area contributed by atoms with Crippen molar-refractivity contribution in [1.29, 1.82) is 5.26 Å². The normalized spacial score (nSPS) is 17.4. The summed E-state index contributed by atoms with van der Waals surface area (Å²) in [6, 6.07) is 11.7. The summed E-state index contributed by atoms with van der Waals surface area (Å²) in [5.41, 5.74) is 2.89. The van der Waals surface area contributed by atoms with Crippen LogP contribution >= 0.6 is 0 Å². The minimum Gasteiger partial charge on any atom is -0.320 e. The number of halogens is 2. The van der Waals surface area contributed by atoms with Gasteiger partial charge in [0.2, 0.25) is 5.91 Å². The van der Waals surface area contributed by atoms with Gasteiger partial charge in [0.25, 0.3) is 5.92 Å². The van der Waals surface area contributed by atoms with Crippen LogP contribution in [0, 0.1) is 11.3 Å². The van der Waals surface area contributed by atoms with E-state index in [0.29, 0.717) is 17.5 Å². The SMILES string of the molecule is C=C(Cc1cnccc1C(=O)CCC(=O)N1CC(F)(F)C[C@H]1C#N)c1ccccc1. The minimum atomic E-state index is -3.07. The number of Topliss-reactive ketones (excluding diaryl/α,β-unsaturated/α-hetero) is 1. The van der Waals surface area contributed by atoms with E-state index in [9.17, 15) is 18.4 Å². The number of carbonyl (C=O) groups is 2. The first kappa shape index (κ1) is 21.3. The van der Waals surface area contributed by atoms with Gasteiger partial charge in [0.1, 0.15) is 6.04 Å². The van der Waals surface area contributed by atoms with Crippen molar-refractivity contribution in [3.8, 4) is 6.07 Å². The highest BCUT2D eigenvalue weighted by atomic mass is 19.3. The number of hydrogen-bond acceptors (Lipinski definition) is 4. The van der Waals surface area contributed by atoms with E-state index in [-0.39, 0.29) is 18.6 Å². The zero-order chi connectivity index (χ0) is 21.7. The highest BCUT2D eigenvalue weighted by Crippen LogP contribution is 2.32. The Morgan fingerprint density at radius 3 is 2.67 bits per heavy atom. The number of nitrogens with zero attached hydrogens (tertiary/aromatic N) is 3. The van der Waals surface area contributed by atoms with E-state index in [1.165, 1.54) is 6.20 Å². The maximum Gasteiger partial charge on any atom is 0.268 e. The molecule has 1 fully saturated rings. The molecule has 2 aromatic rings. The van der Waals surface area contributed by atoms with Crippen LogP contribution in [0.15, 0.2) is 55.4 Å². The van der Waals surface area contributed by atoms with Crippen LogP contribution in [0.1, 0.15) is 40.7 Å². The largest absolute Gasteiger partial charge is 0.320 e. The van der Waals surface area contributed by atoms with Crippen molar-refractivity contribution < 1.29 is 18.4 Å². The lowest BCUT2D eigenvalue weighted by Gasteiger charge is -2.19. The molecule has 0 radical (unpaired) electrons. The van der Waals surface area contributed by atoms with Gasteiger partial charge in [0.15, 0.2) is 5.78 Å². The first-order chi connectivity index (χ1) is 14.3. The van der Waals surface area contributed by atoms with Crippen molar-refractivity contribution in [2.75, 3.05) is 6.54 Å². The standard InChI is InChI=1S/C23H21F2N3O2/c1-16(17-5-3-2-4-6-17)11-18-14-27-10-9-20(18)21(29)7-8-22(30)28-15-23(24,25)12-19(28)13-26/h2-6,9-10,14,19H,1,7-8,11-12,15H2/t19-/m0/s1. The van der Waals surface area contributed by atoms with E-state index in [4.69, 9.17) is 5.26 Å². The summed E-state index contributed by atoms with van der Waals surface area (Å²) in [5, 5.41) is 9.03. The molecule has 1 aliphatic rings. The third kappa shape index (κ3) is 4.95. The van der Waals surface area contributed by atoms with Crippen LogP contribution in [0.2, 0.25) is 0 Å². The van der Waals surface area contributed by atoms with Gasteiger partial charge in [0.05, 0.1) is 12.6 Å². The molecule has 154 valence electrons. The highest BCUT2D eigenvalue weighted by Gasteiger charge is 2.47. The molecule has 2 heterocycles. The van der Waals surface area contributed by atoms with Crippen LogP contribution in [-0.4, -0.2) is 40.1 Å². The third-order valence-corrected chi connectivity index (χ3v) is 5.10. The van der Waals surface area contributed by atoms with E-state index < -0.39 is 30.8 Å². The Morgan fingerprint density at radius 1 is 1.23 bits per heavy atom. The molecule has 0 aliphatic carbocycles. The number of ketones is 1. The number of allylic oxidation sites excluding steroid dienone is 1. The molecule has 30 heavy (non-hydrogen) atoms. The van der Waals surface area contributed by atoms with Crippen molar-refractivity contribution in [3.05, 3.63) is 72.1 Å². The maximum atomic E-state index is 13.5. The Morgan fingerprint density at radius 2 is 1.97 bits per heavy atom. The number of rotatable bonds is 7. The number of aromatic nitrogens is 1. The van der Waals surface area contributed by atoms with Gasteiger partial charge in [-0.25, -0.2) is 8.78 Å². The fourth-order valence-corrected chi connectivity index (χ4v) is 3.54. The van der Waals surface area contributed by atoms with Gasteiger partial charge in [-0.2, -0.15) is 5.26 Å². The quantitative estimate of drug-likeness (QED) is 0.647. The van der Waals surface area contributed by atoms with Crippen molar-refractivity contribution in [2.45, 2.75) is 37.6 Å². The molecule has 0 unspecified atom stereocenters. The van der Waals surface area contributed by atoms with Crippen molar-refractivity contribution in [1.82, 2.24) is 9.88 Å². The maximum absolute atomic E-state index is 13.5. The Kier molecular flexibility index (Phi) is 6.36. The molecule has 0 saturated carbocycles. The monoisotopic (exact) mass is 409 g/mol. The van der Waals surface area contributed by atoms with E-state index in [0.717, 1.165) is 16.0 Å². The number of amides is 1. The first-order valence-corrected chi connectivity index (χ1v) is 9.57. The van der Waals surface area contributed by atoms with Crippen LogP contribution in [0.25, 0.3) is 5.57 Å². The fourth-order valence-electron chi connectivity index (χ4n) is 3.54. The van der Waals surface area contributed by atoms with Crippen LogP contribution in [-0.2, 0) is 11.2 Å². The van der Waals surface area contributed by atoms with Gasteiger partial charge in [0, 0.05) is 37.2 Å². The Labute approximate surface area is 173 Å². The zero-order valence-electron chi connectivity index (χ0n) is 16.4. The summed E-state index contributed by atoms with van der Waals surface area (Å²) in [6.07, 6.45) is 2.48. The van der Waals surface area contributed by atoms with Gasteiger partial charge >= 0.3 is 0 Å². The lowest BCUT2D eigenvalue weighted by Crippen LogP contribution is -2.36. The molecular formula is C23H21F2N3O2. The minimum absolute atomic E-state index is 0.131. The molecule has 1 aromatic heterocycles. The average molecular weight is 409 g/mol. The van der Waals surface area contributed by atoms with Crippen LogP contribution in [0.4, 0.5) is 8.78 Å². The van der Waals surface area contributed by atoms with Gasteiger partial charge in [-0.15, -0.1) is 0 Å². The molecule has 0 spiro atoms. The molecule has 0 bridgehead atoms. The summed E-state index contributed by atoms with van der Waals surface area (Å²) in [6.45, 7) is 3.29. The van der Waals surface area contributed by atoms with Crippen LogP contribution in [0.5, 0.6) is 0 Å². The lowest BCUT2D eigenvalue weighted by molar-refractivity contribution is -0.132. The number of hydrogen-bond donors (Lipinski definition) is 0. The molecule has 1 saturated heterocycles. The van der Waals surface area contributed by atoms with Gasteiger partial charge in [-0.05, 0) is 29.2 Å². The smallest absolute Gasteiger partial charge is 0.268 e. The van der Waals surface area contributed by atoms with E-state index in [1.54, 1.807) is 18.3 Å². The Balaban J connectivity index is 1.66. The lowest BCUT2D eigenvalue weighted by atomic mass is 9.95. The van der Waals surface area contributed by atoms with Crippen molar-refractivity contribution in [3.63, 3.8) is 0 Å². The van der Waals surface area contributed by atoms with E-state index in [2.05, 4.69) is 11.6 Å². The van der Waals surface area contributed by atoms with Gasteiger partial charge < -0.3 is 4.90 Å². The average Bonchev–Trinajstić information content (AvgIpc) is 3.07. The molecular weight excluding hydrogens is 388 g/mol. The molecule has 1 aromatic carbocycles. The number of alkyl halides is 2. The molecule has 3 rings (SSSR count). The fraction of sp³-hybridized carbons (Fsp3) is 0.304. The van der Waals surface area contributed by atoms with Gasteiger partial charge in [-0.3, -0.25) is 14.6 Å². The topological polar surface area (TPSA) is 74.1 Å². The Hall–Kier alpha value is -3.40. The summed E-state index contributed by atoms with van der Waals surface area (Å²) < 4.78 is 27.1. The molecule has 1 atom stereocenters. The second kappa shape index (κ2) is 8.95. The van der Waals surface area contributed by atoms with Crippen molar-refractivity contribution >= 4 is 17.3 Å². The molecule has 7 heteroatoms. The second-order valence-electron chi connectivity index (χ2n) is 7.33. The van der Waals surface area contributed by atoms with Crippen molar-refractivity contribution in [2.24, 2.45) is 0 Å². The summed E-state index contributed by atoms with van der Waals surface area (Å²) >= 11 is 0. The van der Waals surface area contributed by atoms with Crippen LogP contribution < -0.4 is 0 Å². The summed E-state index contributed by atoms with van der Waals surface area (Å²) in [4.78, 5) is 30.0. The first-order valence-electron chi connectivity index (χ1n) is 9.57. The third-order valence-electron chi connectivity index (χ3n) is 5.10. The number of carbonyl (C=O) groups excluding carboxylic acids is 2. The van der Waals surface area contributed by atoms with E-state index >= 15 is 0 Å². The number of benzene rings is 1. The highest BCUT2D eigenvalue weighted by molar-refractivity contribution is 5.99. The zero-order valence-corrected chi connectivity index (χ0v) is 16.4. The second-order valence-corrected chi connectivity index (χ2v) is 7.33. The van der Waals surface area contributed by atoms with E-state index in [1.807, 2.05) is 30.3 Å². The molecule has 5 nitrogen and oxygen atoms in total. The molecule has 0 N–H and O–H groups in total. The number of nitriles is 1. The number of likely N-dealkylation sites (tertiary alicyclic amines) is 1. The molecule has 1 amide bonds. The summed E-state index contributed by atoms with van der Waals surface area (Å²) in [5.74, 6) is -3.96. The van der Waals surface area contributed by atoms with Crippen LogP contribution in [0.3, 0.4) is 0 Å². The predicted molar refractivity (Wildman–Crippen MR) is 108 cm³/mol. The predicted octanol–water partition coefficient (Wildman–Crippen LogP) is 4.06. The number of pyridine rings is 1. The van der Waals surface area contributed by atoms with Gasteiger partial charge in [-0.1, -0.05) is 36.9 Å². The summed E-state index contributed by atoms with van der Waals surface area (Å²) in [7, 11) is 0.